The summed E-state index contributed by atoms with van der Waals surface area (Å²) < 4.78 is 28.8. The van der Waals surface area contributed by atoms with Crippen LogP contribution >= 0.6 is 11.6 Å². The molecule has 1 fully saturated rings. The highest BCUT2D eigenvalue weighted by molar-refractivity contribution is 7.86. The molecule has 1 heterocycles. The lowest BCUT2D eigenvalue weighted by Crippen LogP contribution is -2.53. The van der Waals surface area contributed by atoms with E-state index in [0.29, 0.717) is 23.9 Å². The quantitative estimate of drug-likeness (QED) is 0.843. The highest BCUT2D eigenvalue weighted by Gasteiger charge is 2.26. The Balaban J connectivity index is 1.83. The smallest absolute Gasteiger partial charge is 0.277 e. The van der Waals surface area contributed by atoms with Crippen molar-refractivity contribution >= 4 is 27.7 Å². The lowest BCUT2D eigenvalue weighted by atomic mass is 10.3. The molecule has 0 atom stereocenters. The number of nitrogens with two attached hydrogens (primary N) is 1. The van der Waals surface area contributed by atoms with E-state index in [9.17, 15) is 13.2 Å². The molecule has 116 valence electrons. The fourth-order valence-corrected chi connectivity index (χ4v) is 2.84. The second-order valence-electron chi connectivity index (χ2n) is 4.57. The Labute approximate surface area is 128 Å². The molecule has 0 aromatic heterocycles. The molecule has 2 N–H and O–H groups in total. The Morgan fingerprint density at radius 3 is 2.52 bits per heavy atom. The molecule has 0 unspecified atom stereocenters. The van der Waals surface area contributed by atoms with Crippen LogP contribution in [0.3, 0.4) is 0 Å². The monoisotopic (exact) mass is 333 g/mol. The van der Waals surface area contributed by atoms with Gasteiger partial charge < -0.3 is 9.64 Å². The minimum absolute atomic E-state index is 0.115. The van der Waals surface area contributed by atoms with Crippen molar-refractivity contribution in [3.8, 4) is 5.75 Å². The Kier molecular flexibility index (Phi) is 5.04. The van der Waals surface area contributed by atoms with Crippen LogP contribution in [-0.2, 0) is 15.0 Å². The predicted molar refractivity (Wildman–Crippen MR) is 78.2 cm³/mol. The summed E-state index contributed by atoms with van der Waals surface area (Å²) in [5.41, 5.74) is 0. The molecule has 0 aliphatic carbocycles. The van der Waals surface area contributed by atoms with Gasteiger partial charge in [-0.1, -0.05) is 17.7 Å². The SMILES string of the molecule is NS(=O)(=O)N1CCN(C(=O)COc2cccc(Cl)c2)CC1. The van der Waals surface area contributed by atoms with E-state index in [-0.39, 0.29) is 25.6 Å². The molecule has 7 nitrogen and oxygen atoms in total. The Morgan fingerprint density at radius 2 is 1.95 bits per heavy atom. The van der Waals surface area contributed by atoms with Gasteiger partial charge in [-0.2, -0.15) is 12.7 Å². The molecule has 1 aromatic carbocycles. The van der Waals surface area contributed by atoms with Crippen molar-refractivity contribution in [3.63, 3.8) is 0 Å². The van der Waals surface area contributed by atoms with Gasteiger partial charge in [-0.15, -0.1) is 0 Å². The second-order valence-corrected chi connectivity index (χ2v) is 6.55. The van der Waals surface area contributed by atoms with Gasteiger partial charge in [0.1, 0.15) is 5.75 Å². The number of hydrogen-bond acceptors (Lipinski definition) is 4. The van der Waals surface area contributed by atoms with Gasteiger partial charge in [0, 0.05) is 31.2 Å². The molecule has 2 rings (SSSR count). The number of ether oxygens (including phenoxy) is 1. The Bertz CT molecular complexity index is 615. The second kappa shape index (κ2) is 6.61. The van der Waals surface area contributed by atoms with Crippen molar-refractivity contribution in [3.05, 3.63) is 29.3 Å². The lowest BCUT2D eigenvalue weighted by Gasteiger charge is -2.32. The van der Waals surface area contributed by atoms with Crippen molar-refractivity contribution in [1.82, 2.24) is 9.21 Å². The third kappa shape index (κ3) is 4.57. The van der Waals surface area contributed by atoms with Gasteiger partial charge in [0.15, 0.2) is 6.61 Å². The summed E-state index contributed by atoms with van der Waals surface area (Å²) >= 11 is 5.82. The Morgan fingerprint density at radius 1 is 1.29 bits per heavy atom. The average molecular weight is 334 g/mol. The molecule has 0 saturated carbocycles. The van der Waals surface area contributed by atoms with Gasteiger partial charge in [-0.05, 0) is 18.2 Å². The Hall–Kier alpha value is -1.35. The summed E-state index contributed by atoms with van der Waals surface area (Å²) in [5, 5.41) is 5.57. The number of hydrogen-bond donors (Lipinski definition) is 1. The van der Waals surface area contributed by atoms with Crippen molar-refractivity contribution in [2.75, 3.05) is 32.8 Å². The molecule has 0 radical (unpaired) electrons. The summed E-state index contributed by atoms with van der Waals surface area (Å²) in [4.78, 5) is 13.5. The number of carbonyl (C=O) groups is 1. The largest absolute Gasteiger partial charge is 0.484 e. The number of amides is 1. The van der Waals surface area contributed by atoms with Crippen LogP contribution in [0.1, 0.15) is 0 Å². The summed E-state index contributed by atoms with van der Waals surface area (Å²) in [6.45, 7) is 0.877. The van der Waals surface area contributed by atoms with Crippen LogP contribution in [0.25, 0.3) is 0 Å². The topological polar surface area (TPSA) is 92.9 Å². The van der Waals surface area contributed by atoms with Crippen LogP contribution in [0, 0.1) is 0 Å². The van der Waals surface area contributed by atoms with Gasteiger partial charge in [0.2, 0.25) is 0 Å². The van der Waals surface area contributed by atoms with E-state index in [0.717, 1.165) is 4.31 Å². The normalized spacial score (nSPS) is 16.8. The molecule has 0 spiro atoms. The maximum atomic E-state index is 12.0. The van der Waals surface area contributed by atoms with Gasteiger partial charge in [0.05, 0.1) is 0 Å². The molecule has 0 bridgehead atoms. The zero-order valence-electron chi connectivity index (χ0n) is 11.2. The first-order valence-electron chi connectivity index (χ1n) is 6.30. The van der Waals surface area contributed by atoms with Crippen LogP contribution in [0.15, 0.2) is 24.3 Å². The zero-order chi connectivity index (χ0) is 15.5. The fraction of sp³-hybridized carbons (Fsp3) is 0.417. The van der Waals surface area contributed by atoms with Gasteiger partial charge in [0.25, 0.3) is 16.1 Å². The highest BCUT2D eigenvalue weighted by atomic mass is 35.5. The number of piperazine rings is 1. The van der Waals surface area contributed by atoms with Crippen molar-refractivity contribution < 1.29 is 17.9 Å². The third-order valence-electron chi connectivity index (χ3n) is 3.11. The maximum Gasteiger partial charge on any atom is 0.277 e. The summed E-state index contributed by atoms with van der Waals surface area (Å²) in [5.74, 6) is 0.308. The summed E-state index contributed by atoms with van der Waals surface area (Å²) in [6, 6.07) is 6.77. The molecular formula is C12H16ClN3O4S. The first-order chi connectivity index (χ1) is 9.86. The van der Waals surface area contributed by atoms with Crippen molar-refractivity contribution in [1.29, 1.82) is 0 Å². The van der Waals surface area contributed by atoms with Crippen LogP contribution < -0.4 is 9.88 Å². The number of halogens is 1. The molecule has 1 saturated heterocycles. The van der Waals surface area contributed by atoms with E-state index in [2.05, 4.69) is 0 Å². The zero-order valence-corrected chi connectivity index (χ0v) is 12.8. The molecule has 1 aliphatic heterocycles. The average Bonchev–Trinajstić information content (AvgIpc) is 2.44. The molecule has 1 amide bonds. The summed E-state index contributed by atoms with van der Waals surface area (Å²) in [6.07, 6.45) is 0. The van der Waals surface area contributed by atoms with Crippen LogP contribution in [0.2, 0.25) is 5.02 Å². The molecule has 1 aliphatic rings. The highest BCUT2D eigenvalue weighted by Crippen LogP contribution is 2.17. The van der Waals surface area contributed by atoms with Gasteiger partial charge >= 0.3 is 0 Å². The standard InChI is InChI=1S/C12H16ClN3O4S/c13-10-2-1-3-11(8-10)20-9-12(17)15-4-6-16(7-5-15)21(14,18)19/h1-3,8H,4-7,9H2,(H2,14,18,19). The first-order valence-corrected chi connectivity index (χ1v) is 8.18. The van der Waals surface area contributed by atoms with E-state index in [1.807, 2.05) is 0 Å². The number of rotatable bonds is 4. The van der Waals surface area contributed by atoms with Gasteiger partial charge in [-0.3, -0.25) is 4.79 Å². The maximum absolute atomic E-state index is 12.0. The molecule has 1 aromatic rings. The summed E-state index contributed by atoms with van der Waals surface area (Å²) in [7, 11) is -3.69. The lowest BCUT2D eigenvalue weighted by molar-refractivity contribution is -0.134. The van der Waals surface area contributed by atoms with E-state index in [1.54, 1.807) is 29.2 Å². The molecular weight excluding hydrogens is 318 g/mol. The van der Waals surface area contributed by atoms with E-state index >= 15 is 0 Å². The van der Waals surface area contributed by atoms with Crippen LogP contribution in [-0.4, -0.2) is 56.3 Å². The molecule has 21 heavy (non-hydrogen) atoms. The number of carbonyl (C=O) groups excluding carboxylic acids is 1. The minimum Gasteiger partial charge on any atom is -0.484 e. The molecule has 9 heteroatoms. The number of benzene rings is 1. The number of nitrogens with zero attached hydrogens (tertiary/aromatic N) is 2. The van der Waals surface area contributed by atoms with E-state index in [1.165, 1.54) is 0 Å². The van der Waals surface area contributed by atoms with Crippen molar-refractivity contribution in [2.45, 2.75) is 0 Å². The van der Waals surface area contributed by atoms with Crippen LogP contribution in [0.5, 0.6) is 5.75 Å². The van der Waals surface area contributed by atoms with Gasteiger partial charge in [-0.25, -0.2) is 5.14 Å². The fourth-order valence-electron chi connectivity index (χ4n) is 1.99. The predicted octanol–water partition coefficient (Wildman–Crippen LogP) is 0.0665. The van der Waals surface area contributed by atoms with E-state index in [4.69, 9.17) is 21.5 Å². The first kappa shape index (κ1) is 16.0. The third-order valence-corrected chi connectivity index (χ3v) is 4.43. The van der Waals surface area contributed by atoms with E-state index < -0.39 is 10.2 Å². The van der Waals surface area contributed by atoms with Crippen molar-refractivity contribution in [2.24, 2.45) is 5.14 Å². The van der Waals surface area contributed by atoms with Crippen LogP contribution in [0.4, 0.5) is 0 Å². The minimum atomic E-state index is -3.69.